The topological polar surface area (TPSA) is 73.6 Å². The second-order valence-electron chi connectivity index (χ2n) is 6.82. The summed E-state index contributed by atoms with van der Waals surface area (Å²) in [6.45, 7) is 2.00. The van der Waals surface area contributed by atoms with Crippen LogP contribution in [0.25, 0.3) is 0 Å². The highest BCUT2D eigenvalue weighted by Gasteiger charge is 2.26. The average Bonchev–Trinajstić information content (AvgIpc) is 2.77. The van der Waals surface area contributed by atoms with Crippen molar-refractivity contribution in [1.82, 2.24) is 5.32 Å². The summed E-state index contributed by atoms with van der Waals surface area (Å²) in [5, 5.41) is 15.1. The number of nitrogens with one attached hydrogen (secondary N) is 1. The van der Waals surface area contributed by atoms with Crippen LogP contribution in [-0.2, 0) is 0 Å². The molecular weight excluding hydrogens is 387 g/mol. The summed E-state index contributed by atoms with van der Waals surface area (Å²) in [4.78, 5) is 11.1. The van der Waals surface area contributed by atoms with Crippen LogP contribution in [0.2, 0.25) is 0 Å². The molecule has 0 spiro atoms. The van der Waals surface area contributed by atoms with Crippen LogP contribution in [0.1, 0.15) is 35.7 Å². The van der Waals surface area contributed by atoms with Gasteiger partial charge in [-0.05, 0) is 41.8 Å². The predicted molar refractivity (Wildman–Crippen MR) is 112 cm³/mol. The average molecular weight is 410 g/mol. The van der Waals surface area contributed by atoms with Gasteiger partial charge in [0.25, 0.3) is 0 Å². The standard InChI is InChI=1S/C23H23FN2O4/c1-15(16-7-5-4-6-8-16)25-22(17-9-11-19(24)12-10-17)18-13-20(26(27)28)23(30-3)21(14-18)29-2/h4-15,22,25H,1-3H3/t15-,22?/m0/s1. The number of nitro benzene ring substituents is 1. The summed E-state index contributed by atoms with van der Waals surface area (Å²) in [7, 11) is 2.79. The van der Waals surface area contributed by atoms with E-state index in [1.165, 1.54) is 32.4 Å². The summed E-state index contributed by atoms with van der Waals surface area (Å²) in [6, 6.07) is 18.5. The zero-order valence-corrected chi connectivity index (χ0v) is 17.0. The zero-order valence-electron chi connectivity index (χ0n) is 17.0. The van der Waals surface area contributed by atoms with Crippen LogP contribution in [0, 0.1) is 15.9 Å². The van der Waals surface area contributed by atoms with E-state index in [1.807, 2.05) is 37.3 Å². The first kappa shape index (κ1) is 21.3. The van der Waals surface area contributed by atoms with Crippen molar-refractivity contribution in [3.8, 4) is 11.5 Å². The van der Waals surface area contributed by atoms with Gasteiger partial charge in [-0.15, -0.1) is 0 Å². The molecule has 3 aromatic rings. The fourth-order valence-corrected chi connectivity index (χ4v) is 3.40. The number of ether oxygens (including phenoxy) is 2. The molecule has 30 heavy (non-hydrogen) atoms. The van der Waals surface area contributed by atoms with Gasteiger partial charge in [0.15, 0.2) is 5.75 Å². The van der Waals surface area contributed by atoms with Gasteiger partial charge < -0.3 is 9.47 Å². The third-order valence-corrected chi connectivity index (χ3v) is 4.93. The van der Waals surface area contributed by atoms with Crippen molar-refractivity contribution in [3.05, 3.63) is 99.4 Å². The molecule has 0 heterocycles. The maximum Gasteiger partial charge on any atom is 0.315 e. The summed E-state index contributed by atoms with van der Waals surface area (Å²) in [5.74, 6) is -0.0462. The van der Waals surface area contributed by atoms with Gasteiger partial charge in [-0.3, -0.25) is 15.4 Å². The fraction of sp³-hybridized carbons (Fsp3) is 0.217. The molecule has 0 aliphatic carbocycles. The molecule has 1 N–H and O–H groups in total. The first-order valence-electron chi connectivity index (χ1n) is 9.41. The van der Waals surface area contributed by atoms with Crippen LogP contribution in [0.5, 0.6) is 11.5 Å². The lowest BCUT2D eigenvalue weighted by Crippen LogP contribution is -2.26. The Bertz CT molecular complexity index is 1010. The number of nitrogens with zero attached hydrogens (tertiary/aromatic N) is 1. The van der Waals surface area contributed by atoms with Crippen molar-refractivity contribution >= 4 is 5.69 Å². The molecule has 0 bridgehead atoms. The molecule has 0 fully saturated rings. The summed E-state index contributed by atoms with van der Waals surface area (Å²) in [5.41, 5.74) is 2.22. The normalized spacial score (nSPS) is 12.8. The molecule has 0 aliphatic rings. The van der Waals surface area contributed by atoms with Gasteiger partial charge in [0.05, 0.1) is 25.2 Å². The second kappa shape index (κ2) is 9.37. The van der Waals surface area contributed by atoms with Crippen LogP contribution >= 0.6 is 0 Å². The number of nitro groups is 1. The lowest BCUT2D eigenvalue weighted by molar-refractivity contribution is -0.385. The molecule has 3 rings (SSSR count). The quantitative estimate of drug-likeness (QED) is 0.409. The number of halogens is 1. The van der Waals surface area contributed by atoms with E-state index in [1.54, 1.807) is 18.2 Å². The molecule has 0 radical (unpaired) electrons. The summed E-state index contributed by atoms with van der Waals surface area (Å²) >= 11 is 0. The third-order valence-electron chi connectivity index (χ3n) is 4.93. The van der Waals surface area contributed by atoms with Gasteiger partial charge in [0, 0.05) is 12.1 Å². The second-order valence-corrected chi connectivity index (χ2v) is 6.82. The third kappa shape index (κ3) is 4.58. The highest BCUT2D eigenvalue weighted by atomic mass is 19.1. The maximum absolute atomic E-state index is 13.5. The Kier molecular flexibility index (Phi) is 6.64. The van der Waals surface area contributed by atoms with Gasteiger partial charge >= 0.3 is 5.69 Å². The predicted octanol–water partition coefficient (Wildman–Crippen LogP) is 5.19. The first-order valence-corrected chi connectivity index (χ1v) is 9.41. The van der Waals surface area contributed by atoms with Crippen LogP contribution in [-0.4, -0.2) is 19.1 Å². The minimum absolute atomic E-state index is 0.0558. The molecule has 7 heteroatoms. The molecule has 0 saturated carbocycles. The minimum Gasteiger partial charge on any atom is -0.493 e. The van der Waals surface area contributed by atoms with Crippen molar-refractivity contribution in [2.24, 2.45) is 0 Å². The molecule has 1 unspecified atom stereocenters. The summed E-state index contributed by atoms with van der Waals surface area (Å²) in [6.07, 6.45) is 0. The van der Waals surface area contributed by atoms with E-state index in [0.29, 0.717) is 5.56 Å². The maximum atomic E-state index is 13.5. The monoisotopic (exact) mass is 410 g/mol. The largest absolute Gasteiger partial charge is 0.493 e. The van der Waals surface area contributed by atoms with E-state index >= 15 is 0 Å². The zero-order chi connectivity index (χ0) is 21.7. The van der Waals surface area contributed by atoms with Crippen LogP contribution < -0.4 is 14.8 Å². The van der Waals surface area contributed by atoms with Gasteiger partial charge in [-0.1, -0.05) is 42.5 Å². The van der Waals surface area contributed by atoms with Gasteiger partial charge in [-0.2, -0.15) is 0 Å². The number of rotatable bonds is 8. The molecule has 2 atom stereocenters. The van der Waals surface area contributed by atoms with Crippen LogP contribution in [0.3, 0.4) is 0 Å². The molecule has 6 nitrogen and oxygen atoms in total. The van der Waals surface area contributed by atoms with Gasteiger partial charge in [0.2, 0.25) is 5.75 Å². The van der Waals surface area contributed by atoms with Crippen molar-refractivity contribution in [1.29, 1.82) is 0 Å². The molecule has 0 amide bonds. The molecular formula is C23H23FN2O4. The Balaban J connectivity index is 2.11. The van der Waals surface area contributed by atoms with Crippen LogP contribution in [0.4, 0.5) is 10.1 Å². The van der Waals surface area contributed by atoms with E-state index in [2.05, 4.69) is 5.32 Å². The Hall–Kier alpha value is -3.45. The lowest BCUT2D eigenvalue weighted by Gasteiger charge is -2.25. The first-order chi connectivity index (χ1) is 14.4. The Morgan fingerprint density at radius 3 is 2.17 bits per heavy atom. The molecule has 156 valence electrons. The smallest absolute Gasteiger partial charge is 0.315 e. The van der Waals surface area contributed by atoms with E-state index in [4.69, 9.17) is 9.47 Å². The number of hydrogen-bond acceptors (Lipinski definition) is 5. The van der Waals surface area contributed by atoms with Crippen molar-refractivity contribution < 1.29 is 18.8 Å². The van der Waals surface area contributed by atoms with Crippen molar-refractivity contribution in [2.45, 2.75) is 19.0 Å². The minimum atomic E-state index is -0.507. The SMILES string of the molecule is COc1cc(C(N[C@@H](C)c2ccccc2)c2ccc(F)cc2)cc([N+](=O)[O-])c1OC. The molecule has 0 aliphatic heterocycles. The van der Waals surface area contributed by atoms with E-state index in [9.17, 15) is 14.5 Å². The number of hydrogen-bond donors (Lipinski definition) is 1. The van der Waals surface area contributed by atoms with Crippen molar-refractivity contribution in [3.63, 3.8) is 0 Å². The Morgan fingerprint density at radius 1 is 0.933 bits per heavy atom. The van der Waals surface area contributed by atoms with Gasteiger partial charge in [0.1, 0.15) is 5.82 Å². The van der Waals surface area contributed by atoms with Crippen molar-refractivity contribution in [2.75, 3.05) is 14.2 Å². The van der Waals surface area contributed by atoms with E-state index < -0.39 is 11.0 Å². The Morgan fingerprint density at radius 2 is 1.60 bits per heavy atom. The molecule has 3 aromatic carbocycles. The molecule has 0 aromatic heterocycles. The highest BCUT2D eigenvalue weighted by molar-refractivity contribution is 5.59. The summed E-state index contributed by atoms with van der Waals surface area (Å²) < 4.78 is 24.1. The Labute approximate surface area is 174 Å². The fourth-order valence-electron chi connectivity index (χ4n) is 3.40. The van der Waals surface area contributed by atoms with Gasteiger partial charge in [-0.25, -0.2) is 4.39 Å². The number of methoxy groups -OCH3 is 2. The lowest BCUT2D eigenvalue weighted by atomic mass is 9.95. The van der Waals surface area contributed by atoms with E-state index in [-0.39, 0.29) is 29.0 Å². The highest BCUT2D eigenvalue weighted by Crippen LogP contribution is 2.41. The molecule has 0 saturated heterocycles. The van der Waals surface area contributed by atoms with Crippen LogP contribution in [0.15, 0.2) is 66.7 Å². The number of benzene rings is 3. The van der Waals surface area contributed by atoms with E-state index in [0.717, 1.165) is 11.1 Å².